The van der Waals surface area contributed by atoms with E-state index in [0.29, 0.717) is 36.8 Å². The van der Waals surface area contributed by atoms with E-state index in [1.807, 2.05) is 59.5 Å². The smallest absolute Gasteiger partial charge is 0.254 e. The number of hydrogen-bond donors (Lipinski definition) is 0. The Labute approximate surface area is 228 Å². The Morgan fingerprint density at radius 3 is 2.47 bits per heavy atom. The molecular weight excluding hydrogens is 498 g/mol. The lowest BCUT2D eigenvalue weighted by Crippen LogP contribution is -2.49. The summed E-state index contributed by atoms with van der Waals surface area (Å²) in [6.07, 6.45) is 3.19. The van der Waals surface area contributed by atoms with Gasteiger partial charge in [-0.3, -0.25) is 9.59 Å². The van der Waals surface area contributed by atoms with Gasteiger partial charge in [0.1, 0.15) is 13.2 Å². The van der Waals surface area contributed by atoms with Gasteiger partial charge in [0.25, 0.3) is 5.91 Å². The van der Waals surface area contributed by atoms with E-state index in [1.54, 1.807) is 23.3 Å². The molecule has 0 radical (unpaired) electrons. The second kappa shape index (κ2) is 12.5. The van der Waals surface area contributed by atoms with Crippen molar-refractivity contribution < 1.29 is 19.1 Å². The van der Waals surface area contributed by atoms with Crippen molar-refractivity contribution in [3.05, 3.63) is 82.0 Å². The number of hydrogen-bond acceptors (Lipinski definition) is 6. The van der Waals surface area contributed by atoms with Crippen LogP contribution in [0.5, 0.6) is 11.5 Å². The van der Waals surface area contributed by atoms with E-state index in [0.717, 1.165) is 31.6 Å². The summed E-state index contributed by atoms with van der Waals surface area (Å²) in [4.78, 5) is 34.6. The molecule has 200 valence electrons. The second-order valence-electron chi connectivity index (χ2n) is 9.76. The molecule has 2 amide bonds. The molecule has 8 heteroatoms. The zero-order chi connectivity index (χ0) is 26.3. The molecule has 0 unspecified atom stereocenters. The Morgan fingerprint density at radius 2 is 1.71 bits per heavy atom. The molecule has 5 rings (SSSR count). The molecule has 2 aromatic carbocycles. The van der Waals surface area contributed by atoms with E-state index >= 15 is 0 Å². The molecule has 0 aliphatic carbocycles. The molecule has 3 heterocycles. The average Bonchev–Trinajstić information content (AvgIpc) is 3.66. The van der Waals surface area contributed by atoms with Crippen molar-refractivity contribution in [1.82, 2.24) is 14.7 Å². The first kappa shape index (κ1) is 26.3. The van der Waals surface area contributed by atoms with Gasteiger partial charge in [0, 0.05) is 30.1 Å². The maximum absolute atomic E-state index is 13.9. The van der Waals surface area contributed by atoms with Crippen molar-refractivity contribution in [3.63, 3.8) is 0 Å². The SMILES string of the molecule is COc1ccccc1OC[C@@H]1c2ccsc2CCN1C(=O)CN(CCN1CCCC1)C(=O)c1ccccc1. The highest BCUT2D eigenvalue weighted by Crippen LogP contribution is 2.35. The van der Waals surface area contributed by atoms with Gasteiger partial charge in [-0.15, -0.1) is 11.3 Å². The van der Waals surface area contributed by atoms with Crippen molar-refractivity contribution in [2.45, 2.75) is 25.3 Å². The Kier molecular flexibility index (Phi) is 8.61. The van der Waals surface area contributed by atoms with Crippen LogP contribution in [0.3, 0.4) is 0 Å². The fourth-order valence-electron chi connectivity index (χ4n) is 5.32. The third-order valence-electron chi connectivity index (χ3n) is 7.40. The van der Waals surface area contributed by atoms with Crippen molar-refractivity contribution in [2.75, 3.05) is 53.0 Å². The maximum Gasteiger partial charge on any atom is 0.254 e. The molecule has 3 aromatic rings. The number of benzene rings is 2. The maximum atomic E-state index is 13.9. The van der Waals surface area contributed by atoms with E-state index in [9.17, 15) is 9.59 Å². The number of rotatable bonds is 10. The zero-order valence-corrected chi connectivity index (χ0v) is 22.7. The van der Waals surface area contributed by atoms with Crippen molar-refractivity contribution in [3.8, 4) is 11.5 Å². The summed E-state index contributed by atoms with van der Waals surface area (Å²) in [5.74, 6) is 1.15. The number of carbonyl (C=O) groups excluding carboxylic acids is 2. The number of likely N-dealkylation sites (tertiary alicyclic amines) is 1. The van der Waals surface area contributed by atoms with Gasteiger partial charge in [0.2, 0.25) is 5.91 Å². The molecule has 0 saturated carbocycles. The molecule has 0 bridgehead atoms. The van der Waals surface area contributed by atoms with E-state index in [1.165, 1.54) is 17.7 Å². The van der Waals surface area contributed by atoms with E-state index in [4.69, 9.17) is 9.47 Å². The van der Waals surface area contributed by atoms with Gasteiger partial charge in [-0.2, -0.15) is 0 Å². The molecule has 38 heavy (non-hydrogen) atoms. The average molecular weight is 534 g/mol. The minimum Gasteiger partial charge on any atom is -0.493 e. The topological polar surface area (TPSA) is 62.3 Å². The Balaban J connectivity index is 1.33. The summed E-state index contributed by atoms with van der Waals surface area (Å²) in [7, 11) is 1.62. The van der Waals surface area contributed by atoms with Gasteiger partial charge in [-0.1, -0.05) is 30.3 Å². The van der Waals surface area contributed by atoms with Crippen LogP contribution in [0.15, 0.2) is 66.0 Å². The van der Waals surface area contributed by atoms with E-state index < -0.39 is 0 Å². The highest BCUT2D eigenvalue weighted by molar-refractivity contribution is 7.10. The quantitative estimate of drug-likeness (QED) is 0.384. The summed E-state index contributed by atoms with van der Waals surface area (Å²) in [5.41, 5.74) is 1.74. The van der Waals surface area contributed by atoms with E-state index in [-0.39, 0.29) is 24.4 Å². The van der Waals surface area contributed by atoms with Gasteiger partial charge in [-0.25, -0.2) is 0 Å². The Bertz CT molecular complexity index is 1230. The molecule has 0 N–H and O–H groups in total. The monoisotopic (exact) mass is 533 g/mol. The first-order chi connectivity index (χ1) is 18.6. The number of nitrogens with zero attached hydrogens (tertiary/aromatic N) is 3. The lowest BCUT2D eigenvalue weighted by Gasteiger charge is -2.37. The Hall–Kier alpha value is -3.36. The van der Waals surface area contributed by atoms with Crippen molar-refractivity contribution >= 4 is 23.2 Å². The largest absolute Gasteiger partial charge is 0.493 e. The first-order valence-electron chi connectivity index (χ1n) is 13.3. The van der Waals surface area contributed by atoms with Crippen LogP contribution in [0.25, 0.3) is 0 Å². The molecule has 2 aliphatic rings. The number of fused-ring (bicyclic) bond motifs is 1. The molecular formula is C30H35N3O4S. The molecule has 1 atom stereocenters. The lowest BCUT2D eigenvalue weighted by molar-refractivity contribution is -0.135. The summed E-state index contributed by atoms with van der Waals surface area (Å²) in [5, 5.41) is 2.08. The van der Waals surface area contributed by atoms with Gasteiger partial charge in [-0.05, 0) is 73.6 Å². The van der Waals surface area contributed by atoms with Crippen LogP contribution in [0, 0.1) is 0 Å². The number of para-hydroxylation sites is 2. The number of thiophene rings is 1. The minimum atomic E-state index is -0.227. The van der Waals surface area contributed by atoms with Gasteiger partial charge < -0.3 is 24.2 Å². The van der Waals surface area contributed by atoms with Gasteiger partial charge in [0.15, 0.2) is 11.5 Å². The summed E-state index contributed by atoms with van der Waals surface area (Å²) >= 11 is 1.72. The number of ether oxygens (including phenoxy) is 2. The molecule has 2 aliphatic heterocycles. The number of carbonyl (C=O) groups is 2. The fraction of sp³-hybridized carbons (Fsp3) is 0.400. The van der Waals surface area contributed by atoms with Crippen LogP contribution in [0.4, 0.5) is 0 Å². The minimum absolute atomic E-state index is 0.0478. The third-order valence-corrected chi connectivity index (χ3v) is 8.40. The van der Waals surface area contributed by atoms with Gasteiger partial charge >= 0.3 is 0 Å². The van der Waals surface area contributed by atoms with Crippen LogP contribution >= 0.6 is 11.3 Å². The molecule has 7 nitrogen and oxygen atoms in total. The van der Waals surface area contributed by atoms with Crippen molar-refractivity contribution in [2.24, 2.45) is 0 Å². The molecule has 1 saturated heterocycles. The highest BCUT2D eigenvalue weighted by Gasteiger charge is 2.34. The zero-order valence-electron chi connectivity index (χ0n) is 21.9. The summed E-state index contributed by atoms with van der Waals surface area (Å²) in [6, 6.07) is 18.7. The number of methoxy groups -OCH3 is 1. The van der Waals surface area contributed by atoms with Crippen LogP contribution < -0.4 is 9.47 Å². The number of amides is 2. The van der Waals surface area contributed by atoms with Gasteiger partial charge in [0.05, 0.1) is 13.2 Å². The summed E-state index contributed by atoms with van der Waals surface area (Å²) < 4.78 is 11.7. The molecule has 1 aromatic heterocycles. The van der Waals surface area contributed by atoms with Crippen LogP contribution in [-0.2, 0) is 11.2 Å². The summed E-state index contributed by atoms with van der Waals surface area (Å²) in [6.45, 7) is 4.38. The van der Waals surface area contributed by atoms with Crippen LogP contribution in [0.1, 0.15) is 39.7 Å². The highest BCUT2D eigenvalue weighted by atomic mass is 32.1. The van der Waals surface area contributed by atoms with Crippen molar-refractivity contribution in [1.29, 1.82) is 0 Å². The molecule has 1 fully saturated rings. The lowest BCUT2D eigenvalue weighted by atomic mass is 10.0. The standard InChI is InChI=1S/C30H35N3O4S/c1-36-26-11-5-6-12-27(26)37-22-25-24-14-20-38-28(24)13-17-33(25)29(34)21-32(19-18-31-15-7-8-16-31)30(35)23-9-3-2-4-10-23/h2-6,9-12,14,20,25H,7-8,13,15-19,21-22H2,1H3/t25-/m1/s1. The second-order valence-corrected chi connectivity index (χ2v) is 10.8. The Morgan fingerprint density at radius 1 is 0.974 bits per heavy atom. The van der Waals surface area contributed by atoms with Crippen LogP contribution in [-0.4, -0.2) is 79.5 Å². The first-order valence-corrected chi connectivity index (χ1v) is 14.2. The normalized spacial score (nSPS) is 17.2. The van der Waals surface area contributed by atoms with E-state index in [2.05, 4.69) is 16.3 Å². The van der Waals surface area contributed by atoms with Crippen LogP contribution in [0.2, 0.25) is 0 Å². The molecule has 0 spiro atoms. The fourth-order valence-corrected chi connectivity index (χ4v) is 6.25. The third kappa shape index (κ3) is 6.03. The predicted octanol–water partition coefficient (Wildman–Crippen LogP) is 4.50. The predicted molar refractivity (Wildman–Crippen MR) is 149 cm³/mol.